The molecule has 0 fully saturated rings. The van der Waals surface area contributed by atoms with Crippen LogP contribution < -0.4 is 11.1 Å². The first-order valence-corrected chi connectivity index (χ1v) is 7.10. The molecule has 0 aliphatic heterocycles. The lowest BCUT2D eigenvalue weighted by molar-refractivity contribution is -0.113. The van der Waals surface area contributed by atoms with Crippen molar-refractivity contribution in [2.45, 2.75) is 18.9 Å². The first-order valence-electron chi connectivity index (χ1n) is 6.11. The van der Waals surface area contributed by atoms with Gasteiger partial charge < -0.3 is 11.1 Å². The van der Waals surface area contributed by atoms with E-state index >= 15 is 0 Å². The maximum Gasteiger partial charge on any atom is 0.234 e. The Morgan fingerprint density at radius 3 is 2.75 bits per heavy atom. The monoisotopic (exact) mass is 291 g/mol. The number of carbonyl (C=O) groups is 1. The van der Waals surface area contributed by atoms with Crippen LogP contribution in [0.15, 0.2) is 23.4 Å². The normalized spacial score (nSPS) is 10.6. The quantitative estimate of drug-likeness (QED) is 0.838. The number of aryl methyl sites for hydroxylation is 2. The zero-order valence-corrected chi connectivity index (χ0v) is 12.5. The number of rotatable bonds is 4. The molecule has 0 atom stereocenters. The summed E-state index contributed by atoms with van der Waals surface area (Å²) in [5, 5.41) is 7.92. The average molecular weight is 291 g/mol. The molecule has 2 aromatic heterocycles. The van der Waals surface area contributed by atoms with Gasteiger partial charge in [0.05, 0.1) is 39.7 Å². The Bertz CT molecular complexity index is 620. The summed E-state index contributed by atoms with van der Waals surface area (Å²) in [6, 6.07) is 3.57. The van der Waals surface area contributed by atoms with Gasteiger partial charge in [-0.2, -0.15) is 5.10 Å². The number of carbonyl (C=O) groups excluding carboxylic acids is 1. The number of nitrogens with one attached hydrogen (secondary N) is 1. The topological polar surface area (TPSA) is 85.8 Å². The highest BCUT2D eigenvalue weighted by Crippen LogP contribution is 2.20. The summed E-state index contributed by atoms with van der Waals surface area (Å²) >= 11 is 1.37. The highest BCUT2D eigenvalue weighted by molar-refractivity contribution is 7.99. The molecule has 0 aromatic carbocycles. The second-order valence-electron chi connectivity index (χ2n) is 4.44. The van der Waals surface area contributed by atoms with Crippen LogP contribution >= 0.6 is 11.8 Å². The van der Waals surface area contributed by atoms with E-state index in [-0.39, 0.29) is 5.91 Å². The third-order valence-corrected chi connectivity index (χ3v) is 3.83. The lowest BCUT2D eigenvalue weighted by Crippen LogP contribution is -2.15. The summed E-state index contributed by atoms with van der Waals surface area (Å²) in [5.74, 6) is 0.220. The van der Waals surface area contributed by atoms with E-state index in [1.807, 2.05) is 20.9 Å². The van der Waals surface area contributed by atoms with E-state index < -0.39 is 0 Å². The predicted octanol–water partition coefficient (Wildman–Crippen LogP) is 1.74. The molecule has 0 spiro atoms. The molecule has 0 radical (unpaired) electrons. The van der Waals surface area contributed by atoms with Gasteiger partial charge in [-0.3, -0.25) is 9.48 Å². The summed E-state index contributed by atoms with van der Waals surface area (Å²) in [4.78, 5) is 16.1. The summed E-state index contributed by atoms with van der Waals surface area (Å²) in [7, 11) is 1.85. The number of thioether (sulfide) groups is 1. The standard InChI is InChI=1S/C13H17N5OS/c1-8-13(9(2)18(3)17-8)16-11(19)7-20-12-5-4-10(14)6-15-12/h4-6H,7,14H2,1-3H3,(H,16,19). The fraction of sp³-hybridized carbons (Fsp3) is 0.308. The number of nitrogens with zero attached hydrogens (tertiary/aromatic N) is 3. The molecule has 2 rings (SSSR count). The molecule has 6 nitrogen and oxygen atoms in total. The molecule has 0 saturated heterocycles. The molecule has 20 heavy (non-hydrogen) atoms. The van der Waals surface area contributed by atoms with Crippen LogP contribution in [0.25, 0.3) is 0 Å². The number of amides is 1. The van der Waals surface area contributed by atoms with Crippen molar-refractivity contribution < 1.29 is 4.79 Å². The highest BCUT2D eigenvalue weighted by atomic mass is 32.2. The minimum absolute atomic E-state index is 0.0761. The molecule has 0 aliphatic carbocycles. The van der Waals surface area contributed by atoms with Crippen LogP contribution in [0.2, 0.25) is 0 Å². The Kier molecular flexibility index (Phi) is 4.29. The van der Waals surface area contributed by atoms with Crippen molar-refractivity contribution in [3.8, 4) is 0 Å². The van der Waals surface area contributed by atoms with Crippen LogP contribution in [0.3, 0.4) is 0 Å². The number of hydrogen-bond donors (Lipinski definition) is 2. The Labute approximate surface area is 121 Å². The van der Waals surface area contributed by atoms with E-state index in [0.717, 1.165) is 22.1 Å². The molecule has 2 heterocycles. The zero-order valence-electron chi connectivity index (χ0n) is 11.7. The minimum Gasteiger partial charge on any atom is -0.397 e. The molecule has 2 aromatic rings. The Morgan fingerprint density at radius 2 is 2.20 bits per heavy atom. The first-order chi connectivity index (χ1) is 9.47. The van der Waals surface area contributed by atoms with Gasteiger partial charge in [-0.15, -0.1) is 0 Å². The van der Waals surface area contributed by atoms with Crippen molar-refractivity contribution in [1.82, 2.24) is 14.8 Å². The second kappa shape index (κ2) is 5.96. The van der Waals surface area contributed by atoms with Gasteiger partial charge in [-0.25, -0.2) is 4.98 Å². The molecule has 0 bridgehead atoms. The maximum absolute atomic E-state index is 11.9. The van der Waals surface area contributed by atoms with Gasteiger partial charge in [0.15, 0.2) is 0 Å². The van der Waals surface area contributed by atoms with Gasteiger partial charge in [0.25, 0.3) is 0 Å². The number of anilines is 2. The molecule has 0 saturated carbocycles. The first kappa shape index (κ1) is 14.4. The van der Waals surface area contributed by atoms with E-state index in [0.29, 0.717) is 11.4 Å². The van der Waals surface area contributed by atoms with E-state index in [4.69, 9.17) is 5.73 Å². The summed E-state index contributed by atoms with van der Waals surface area (Å²) < 4.78 is 1.75. The largest absolute Gasteiger partial charge is 0.397 e. The molecule has 0 aliphatic rings. The van der Waals surface area contributed by atoms with Gasteiger partial charge in [-0.05, 0) is 26.0 Å². The average Bonchev–Trinajstić information content (AvgIpc) is 2.65. The van der Waals surface area contributed by atoms with Crippen molar-refractivity contribution in [3.05, 3.63) is 29.7 Å². The van der Waals surface area contributed by atoms with Gasteiger partial charge in [0.1, 0.15) is 0 Å². The van der Waals surface area contributed by atoms with Crippen molar-refractivity contribution >= 4 is 29.0 Å². The van der Waals surface area contributed by atoms with Crippen LogP contribution in [0.5, 0.6) is 0 Å². The Morgan fingerprint density at radius 1 is 1.45 bits per heavy atom. The lowest BCUT2D eigenvalue weighted by atomic mass is 10.3. The minimum atomic E-state index is -0.0761. The number of hydrogen-bond acceptors (Lipinski definition) is 5. The molecule has 106 valence electrons. The van der Waals surface area contributed by atoms with Crippen molar-refractivity contribution in [2.75, 3.05) is 16.8 Å². The van der Waals surface area contributed by atoms with Gasteiger partial charge in [0.2, 0.25) is 5.91 Å². The highest BCUT2D eigenvalue weighted by Gasteiger charge is 2.12. The number of pyridine rings is 1. The molecule has 3 N–H and O–H groups in total. The Hall–Kier alpha value is -2.02. The smallest absolute Gasteiger partial charge is 0.234 e. The SMILES string of the molecule is Cc1nn(C)c(C)c1NC(=O)CSc1ccc(N)cn1. The van der Waals surface area contributed by atoms with Gasteiger partial charge >= 0.3 is 0 Å². The van der Waals surface area contributed by atoms with Crippen LogP contribution in [0, 0.1) is 13.8 Å². The van der Waals surface area contributed by atoms with Gasteiger partial charge in [-0.1, -0.05) is 11.8 Å². The third kappa shape index (κ3) is 3.30. The second-order valence-corrected chi connectivity index (χ2v) is 5.43. The third-order valence-electron chi connectivity index (χ3n) is 2.88. The van der Waals surface area contributed by atoms with E-state index in [1.54, 1.807) is 23.0 Å². The van der Waals surface area contributed by atoms with Crippen molar-refractivity contribution in [3.63, 3.8) is 0 Å². The van der Waals surface area contributed by atoms with E-state index in [9.17, 15) is 4.79 Å². The van der Waals surface area contributed by atoms with Crippen LogP contribution in [0.4, 0.5) is 11.4 Å². The molecular weight excluding hydrogens is 274 g/mol. The number of aromatic nitrogens is 3. The number of nitrogens with two attached hydrogens (primary N) is 1. The maximum atomic E-state index is 11.9. The molecule has 7 heteroatoms. The van der Waals surface area contributed by atoms with Crippen LogP contribution in [-0.2, 0) is 11.8 Å². The fourth-order valence-electron chi connectivity index (χ4n) is 1.75. The van der Waals surface area contributed by atoms with E-state index in [2.05, 4.69) is 15.4 Å². The number of nitrogen functional groups attached to an aromatic ring is 1. The molecule has 0 unspecified atom stereocenters. The predicted molar refractivity (Wildman–Crippen MR) is 80.7 cm³/mol. The summed E-state index contributed by atoms with van der Waals surface area (Å²) in [6.45, 7) is 3.79. The van der Waals surface area contributed by atoms with E-state index in [1.165, 1.54) is 11.8 Å². The van der Waals surface area contributed by atoms with Crippen LogP contribution in [-0.4, -0.2) is 26.4 Å². The zero-order chi connectivity index (χ0) is 14.7. The summed E-state index contributed by atoms with van der Waals surface area (Å²) in [5.41, 5.74) is 8.70. The lowest BCUT2D eigenvalue weighted by Gasteiger charge is -2.05. The molecule has 1 amide bonds. The van der Waals surface area contributed by atoms with Gasteiger partial charge in [0, 0.05) is 7.05 Å². The van der Waals surface area contributed by atoms with Crippen molar-refractivity contribution in [2.24, 2.45) is 7.05 Å². The van der Waals surface area contributed by atoms with Crippen LogP contribution in [0.1, 0.15) is 11.4 Å². The molecular formula is C13H17N5OS. The van der Waals surface area contributed by atoms with Crippen molar-refractivity contribution in [1.29, 1.82) is 0 Å². The summed E-state index contributed by atoms with van der Waals surface area (Å²) in [6.07, 6.45) is 1.58. The Balaban J connectivity index is 1.94. The fourth-order valence-corrected chi connectivity index (χ4v) is 2.39.